The normalized spacial score (nSPS) is 9.79. The Kier molecular flexibility index (Phi) is 5.16. The zero-order valence-electron chi connectivity index (χ0n) is 9.97. The first-order valence-electron chi connectivity index (χ1n) is 5.29. The van der Waals surface area contributed by atoms with Gasteiger partial charge in [0.1, 0.15) is 29.9 Å². The first kappa shape index (κ1) is 14.8. The van der Waals surface area contributed by atoms with Crippen molar-refractivity contribution in [2.24, 2.45) is 0 Å². The van der Waals surface area contributed by atoms with Crippen molar-refractivity contribution in [2.75, 3.05) is 19.8 Å². The number of ether oxygens (including phenoxy) is 2. The quantitative estimate of drug-likeness (QED) is 0.608. The molecular formula is C12H9F3N2O2. The fraction of sp³-hybridized carbons (Fsp3) is 0.333. The first-order valence-corrected chi connectivity index (χ1v) is 5.29. The van der Waals surface area contributed by atoms with Crippen LogP contribution in [0.4, 0.5) is 13.2 Å². The van der Waals surface area contributed by atoms with Gasteiger partial charge in [0.05, 0.1) is 6.61 Å². The Hall–Kier alpha value is -2.25. The van der Waals surface area contributed by atoms with Crippen LogP contribution in [-0.2, 0) is 4.74 Å². The molecule has 0 aromatic heterocycles. The molecule has 0 atom stereocenters. The third-order valence-electron chi connectivity index (χ3n) is 2.18. The summed E-state index contributed by atoms with van der Waals surface area (Å²) in [4.78, 5) is 0. The lowest BCUT2D eigenvalue weighted by molar-refractivity contribution is 0.106. The molecule has 0 aliphatic heterocycles. The molecule has 0 N–H and O–H groups in total. The van der Waals surface area contributed by atoms with Crippen molar-refractivity contribution < 1.29 is 22.6 Å². The predicted molar refractivity (Wildman–Crippen MR) is 57.7 cm³/mol. The molecule has 100 valence electrons. The van der Waals surface area contributed by atoms with Gasteiger partial charge in [-0.1, -0.05) is 0 Å². The molecule has 0 bridgehead atoms. The molecular weight excluding hydrogens is 261 g/mol. The Morgan fingerprint density at radius 2 is 1.53 bits per heavy atom. The second kappa shape index (κ2) is 6.62. The van der Waals surface area contributed by atoms with Crippen LogP contribution in [0.1, 0.15) is 18.1 Å². The molecule has 4 nitrogen and oxygen atoms in total. The third kappa shape index (κ3) is 2.95. The van der Waals surface area contributed by atoms with E-state index in [-0.39, 0.29) is 13.2 Å². The minimum Gasteiger partial charge on any atom is -0.485 e. The van der Waals surface area contributed by atoms with Crippen LogP contribution < -0.4 is 4.74 Å². The van der Waals surface area contributed by atoms with Crippen molar-refractivity contribution in [3.63, 3.8) is 0 Å². The van der Waals surface area contributed by atoms with E-state index in [1.807, 2.05) is 0 Å². The molecule has 1 aromatic rings. The van der Waals surface area contributed by atoms with Crippen molar-refractivity contribution in [3.05, 3.63) is 28.6 Å². The second-order valence-corrected chi connectivity index (χ2v) is 3.29. The molecule has 19 heavy (non-hydrogen) atoms. The summed E-state index contributed by atoms with van der Waals surface area (Å²) in [6.45, 7) is 1.95. The summed E-state index contributed by atoms with van der Waals surface area (Å²) < 4.78 is 50.3. The summed E-state index contributed by atoms with van der Waals surface area (Å²) in [5.74, 6) is -5.65. The van der Waals surface area contributed by atoms with Crippen LogP contribution >= 0.6 is 0 Å². The SMILES string of the molecule is CCOCCOc1c(F)c(F)c(C#N)c(C#N)c1F. The molecule has 0 aliphatic carbocycles. The monoisotopic (exact) mass is 270 g/mol. The summed E-state index contributed by atoms with van der Waals surface area (Å²) in [5.41, 5.74) is -1.86. The van der Waals surface area contributed by atoms with Gasteiger partial charge in [-0.05, 0) is 6.92 Å². The maximum atomic E-state index is 13.7. The van der Waals surface area contributed by atoms with Gasteiger partial charge in [0.2, 0.25) is 5.82 Å². The molecule has 0 aliphatic rings. The van der Waals surface area contributed by atoms with E-state index in [9.17, 15) is 13.2 Å². The second-order valence-electron chi connectivity index (χ2n) is 3.29. The number of rotatable bonds is 5. The maximum Gasteiger partial charge on any atom is 0.205 e. The highest BCUT2D eigenvalue weighted by Gasteiger charge is 2.26. The van der Waals surface area contributed by atoms with Crippen LogP contribution in [0.15, 0.2) is 0 Å². The number of halogens is 3. The van der Waals surface area contributed by atoms with Gasteiger partial charge in [-0.15, -0.1) is 0 Å². The van der Waals surface area contributed by atoms with E-state index in [4.69, 9.17) is 20.0 Å². The van der Waals surface area contributed by atoms with Gasteiger partial charge in [0.15, 0.2) is 17.4 Å². The van der Waals surface area contributed by atoms with Gasteiger partial charge in [-0.2, -0.15) is 14.9 Å². The Morgan fingerprint density at radius 3 is 2.05 bits per heavy atom. The molecule has 7 heteroatoms. The summed E-state index contributed by atoms with van der Waals surface area (Å²) in [6.07, 6.45) is 0. The maximum absolute atomic E-state index is 13.7. The van der Waals surface area contributed by atoms with Crippen LogP contribution in [0.5, 0.6) is 5.75 Å². The standard InChI is InChI=1S/C12H9F3N2O2/c1-2-18-3-4-19-12-10(14)8(6-17)7(5-16)9(13)11(12)15/h2-4H2,1H3. The van der Waals surface area contributed by atoms with Crippen LogP contribution in [0.2, 0.25) is 0 Å². The lowest BCUT2D eigenvalue weighted by atomic mass is 10.1. The van der Waals surface area contributed by atoms with E-state index in [1.54, 1.807) is 6.92 Å². The topological polar surface area (TPSA) is 66.0 Å². The number of hydrogen-bond acceptors (Lipinski definition) is 4. The van der Waals surface area contributed by atoms with E-state index in [0.717, 1.165) is 0 Å². The summed E-state index contributed by atoms with van der Waals surface area (Å²) in [5, 5.41) is 17.3. The van der Waals surface area contributed by atoms with Gasteiger partial charge in [-0.25, -0.2) is 8.78 Å². The van der Waals surface area contributed by atoms with Crippen molar-refractivity contribution in [3.8, 4) is 17.9 Å². The number of nitrogens with zero attached hydrogens (tertiary/aromatic N) is 2. The zero-order chi connectivity index (χ0) is 14.4. The smallest absolute Gasteiger partial charge is 0.205 e. The number of benzene rings is 1. The van der Waals surface area contributed by atoms with Crippen LogP contribution in [-0.4, -0.2) is 19.8 Å². The van der Waals surface area contributed by atoms with E-state index in [0.29, 0.717) is 6.61 Å². The molecule has 0 fully saturated rings. The third-order valence-corrected chi connectivity index (χ3v) is 2.18. The van der Waals surface area contributed by atoms with Crippen molar-refractivity contribution in [1.29, 1.82) is 10.5 Å². The summed E-state index contributed by atoms with van der Waals surface area (Å²) in [7, 11) is 0. The minimum absolute atomic E-state index is 0.0545. The van der Waals surface area contributed by atoms with E-state index < -0.39 is 34.3 Å². The van der Waals surface area contributed by atoms with Crippen molar-refractivity contribution >= 4 is 0 Å². The van der Waals surface area contributed by atoms with Gasteiger partial charge < -0.3 is 9.47 Å². The van der Waals surface area contributed by atoms with Crippen LogP contribution in [0.25, 0.3) is 0 Å². The van der Waals surface area contributed by atoms with Crippen molar-refractivity contribution in [1.82, 2.24) is 0 Å². The van der Waals surface area contributed by atoms with Crippen LogP contribution in [0.3, 0.4) is 0 Å². The van der Waals surface area contributed by atoms with E-state index in [2.05, 4.69) is 0 Å². The average Bonchev–Trinajstić information content (AvgIpc) is 2.41. The molecule has 0 unspecified atom stereocenters. The van der Waals surface area contributed by atoms with Gasteiger partial charge in [0.25, 0.3) is 0 Å². The highest BCUT2D eigenvalue weighted by molar-refractivity contribution is 5.52. The zero-order valence-corrected chi connectivity index (χ0v) is 9.97. The molecule has 0 spiro atoms. The fourth-order valence-corrected chi connectivity index (χ4v) is 1.32. The van der Waals surface area contributed by atoms with Gasteiger partial charge in [-0.3, -0.25) is 0 Å². The average molecular weight is 270 g/mol. The minimum atomic E-state index is -1.63. The van der Waals surface area contributed by atoms with E-state index in [1.165, 1.54) is 12.1 Å². The lowest BCUT2D eigenvalue weighted by Gasteiger charge is -2.10. The highest BCUT2D eigenvalue weighted by atomic mass is 19.2. The summed E-state index contributed by atoms with van der Waals surface area (Å²) in [6, 6.07) is 2.55. The number of hydrogen-bond donors (Lipinski definition) is 0. The Bertz CT molecular complexity index is 562. The Labute approximate surface area is 107 Å². The largest absolute Gasteiger partial charge is 0.485 e. The summed E-state index contributed by atoms with van der Waals surface area (Å²) >= 11 is 0. The lowest BCUT2D eigenvalue weighted by Crippen LogP contribution is -2.11. The molecule has 0 heterocycles. The first-order chi connectivity index (χ1) is 9.08. The van der Waals surface area contributed by atoms with Crippen molar-refractivity contribution in [2.45, 2.75) is 6.92 Å². The molecule has 0 saturated carbocycles. The van der Waals surface area contributed by atoms with Gasteiger partial charge >= 0.3 is 0 Å². The molecule has 0 amide bonds. The molecule has 0 radical (unpaired) electrons. The molecule has 1 aromatic carbocycles. The van der Waals surface area contributed by atoms with E-state index >= 15 is 0 Å². The predicted octanol–water partition coefficient (Wildman–Crippen LogP) is 2.26. The molecule has 1 rings (SSSR count). The Balaban J connectivity index is 3.16. The molecule has 0 saturated heterocycles. The van der Waals surface area contributed by atoms with Gasteiger partial charge in [0, 0.05) is 6.61 Å². The van der Waals surface area contributed by atoms with Crippen LogP contribution in [0, 0.1) is 40.1 Å². The highest BCUT2D eigenvalue weighted by Crippen LogP contribution is 2.30. The Morgan fingerprint density at radius 1 is 0.947 bits per heavy atom. The fourth-order valence-electron chi connectivity index (χ4n) is 1.32. The number of nitriles is 2.